The van der Waals surface area contributed by atoms with E-state index in [2.05, 4.69) is 23.9 Å². The summed E-state index contributed by atoms with van der Waals surface area (Å²) >= 11 is 7.17. The average molecular weight is 390 g/mol. The molecular weight excluding hydrogens is 375 g/mol. The number of halogens is 4. The van der Waals surface area contributed by atoms with Crippen LogP contribution >= 0.6 is 23.4 Å². The highest BCUT2D eigenvalue weighted by atomic mass is 35.5. The maximum absolute atomic E-state index is 12.5. The quantitative estimate of drug-likeness (QED) is 0.747. The molecule has 1 saturated carbocycles. The second-order valence-corrected chi connectivity index (χ2v) is 8.65. The Kier molecular flexibility index (Phi) is 3.49. The zero-order valence-electron chi connectivity index (χ0n) is 13.5. The summed E-state index contributed by atoms with van der Waals surface area (Å²) in [5, 5.41) is 3.01. The molecule has 25 heavy (non-hydrogen) atoms. The third kappa shape index (κ3) is 2.63. The van der Waals surface area contributed by atoms with E-state index in [1.165, 1.54) is 23.9 Å². The maximum Gasteiger partial charge on any atom is 0.573 e. The van der Waals surface area contributed by atoms with Crippen LogP contribution < -0.4 is 10.1 Å². The molecule has 2 aliphatic heterocycles. The van der Waals surface area contributed by atoms with Crippen molar-refractivity contribution >= 4 is 29.3 Å². The molecule has 8 heteroatoms. The van der Waals surface area contributed by atoms with Crippen LogP contribution in [0.25, 0.3) is 0 Å². The molecule has 4 rings (SSSR count). The fourth-order valence-corrected chi connectivity index (χ4v) is 5.20. The molecule has 0 unspecified atom stereocenters. The number of carbonyl (C=O) groups is 1. The predicted octanol–water partition coefficient (Wildman–Crippen LogP) is 4.83. The molecule has 1 aliphatic carbocycles. The van der Waals surface area contributed by atoms with Crippen molar-refractivity contribution in [1.29, 1.82) is 0 Å². The lowest BCUT2D eigenvalue weighted by Crippen LogP contribution is -2.53. The van der Waals surface area contributed by atoms with Crippen LogP contribution in [0.1, 0.15) is 32.3 Å². The number of hydrogen-bond acceptors (Lipinski definition) is 3. The molecule has 1 amide bonds. The molecule has 3 nitrogen and oxygen atoms in total. The van der Waals surface area contributed by atoms with Gasteiger partial charge in [0.15, 0.2) is 0 Å². The van der Waals surface area contributed by atoms with Crippen molar-refractivity contribution in [2.24, 2.45) is 5.41 Å². The van der Waals surface area contributed by atoms with Crippen molar-refractivity contribution in [1.82, 2.24) is 5.32 Å². The van der Waals surface area contributed by atoms with Crippen LogP contribution in [0.4, 0.5) is 13.2 Å². The van der Waals surface area contributed by atoms with Gasteiger partial charge in [-0.2, -0.15) is 0 Å². The van der Waals surface area contributed by atoms with Gasteiger partial charge in [0.2, 0.25) is 0 Å². The molecule has 3 aliphatic rings. The highest BCUT2D eigenvalue weighted by Crippen LogP contribution is 2.60. The molecule has 0 atom stereocenters. The van der Waals surface area contributed by atoms with E-state index >= 15 is 0 Å². The highest BCUT2D eigenvalue weighted by molar-refractivity contribution is 8.04. The van der Waals surface area contributed by atoms with Gasteiger partial charge in [0.1, 0.15) is 5.75 Å². The van der Waals surface area contributed by atoms with Crippen LogP contribution in [0.15, 0.2) is 27.5 Å². The van der Waals surface area contributed by atoms with Crippen LogP contribution in [0, 0.1) is 5.41 Å². The molecule has 1 N–H and O–H groups in total. The molecule has 1 aromatic rings. The Bertz CT molecular complexity index is 828. The van der Waals surface area contributed by atoms with E-state index < -0.39 is 12.1 Å². The monoisotopic (exact) mass is 389 g/mol. The molecule has 0 saturated heterocycles. The zero-order chi connectivity index (χ0) is 18.2. The van der Waals surface area contributed by atoms with E-state index in [0.717, 1.165) is 24.0 Å². The van der Waals surface area contributed by atoms with Crippen molar-refractivity contribution in [2.75, 3.05) is 0 Å². The molecule has 0 bridgehead atoms. The third-order valence-corrected chi connectivity index (χ3v) is 6.99. The van der Waals surface area contributed by atoms with E-state index in [9.17, 15) is 18.0 Å². The van der Waals surface area contributed by atoms with Crippen LogP contribution in [-0.4, -0.2) is 17.8 Å². The molecule has 1 aromatic carbocycles. The summed E-state index contributed by atoms with van der Waals surface area (Å²) in [5.74, 6) is -0.589. The first-order valence-electron chi connectivity index (χ1n) is 7.85. The van der Waals surface area contributed by atoms with Gasteiger partial charge in [-0.3, -0.25) is 4.79 Å². The fraction of sp³-hybridized carbons (Fsp3) is 0.471. The second kappa shape index (κ2) is 5.10. The van der Waals surface area contributed by atoms with Gasteiger partial charge in [-0.1, -0.05) is 37.2 Å². The first-order valence-corrected chi connectivity index (χ1v) is 9.04. The van der Waals surface area contributed by atoms with Crippen molar-refractivity contribution in [3.8, 4) is 5.75 Å². The SMILES string of the molecule is CC1(C)C2=C(Sc3cc(OC(F)(F)F)c(Cl)cc3C2)C(=O)NC12CC2. The Hall–Kier alpha value is -1.34. The summed E-state index contributed by atoms with van der Waals surface area (Å²) in [6.07, 6.45) is -2.42. The number of nitrogens with one attached hydrogen (secondary N) is 1. The lowest BCUT2D eigenvalue weighted by Gasteiger charge is -2.44. The van der Waals surface area contributed by atoms with Gasteiger partial charge in [0.05, 0.1) is 9.93 Å². The number of hydrogen-bond donors (Lipinski definition) is 1. The first-order chi connectivity index (χ1) is 11.5. The van der Waals surface area contributed by atoms with E-state index in [0.29, 0.717) is 16.2 Å². The van der Waals surface area contributed by atoms with E-state index in [1.807, 2.05) is 0 Å². The molecule has 1 fully saturated rings. The predicted molar refractivity (Wildman–Crippen MR) is 88.6 cm³/mol. The Morgan fingerprint density at radius 1 is 1.28 bits per heavy atom. The summed E-state index contributed by atoms with van der Waals surface area (Å²) in [5.41, 5.74) is 1.47. The summed E-state index contributed by atoms with van der Waals surface area (Å²) in [6, 6.07) is 2.78. The lowest BCUT2D eigenvalue weighted by molar-refractivity contribution is -0.274. The van der Waals surface area contributed by atoms with Crippen molar-refractivity contribution in [3.63, 3.8) is 0 Å². The largest absolute Gasteiger partial charge is 0.573 e. The summed E-state index contributed by atoms with van der Waals surface area (Å²) in [7, 11) is 0. The van der Waals surface area contributed by atoms with Gasteiger partial charge < -0.3 is 10.1 Å². The van der Waals surface area contributed by atoms with E-state index in [4.69, 9.17) is 11.6 Å². The number of rotatable bonds is 1. The van der Waals surface area contributed by atoms with Gasteiger partial charge in [-0.15, -0.1) is 13.2 Å². The van der Waals surface area contributed by atoms with E-state index in [-0.39, 0.29) is 21.9 Å². The zero-order valence-corrected chi connectivity index (χ0v) is 15.1. The number of amides is 1. The van der Waals surface area contributed by atoms with Crippen LogP contribution in [0.3, 0.4) is 0 Å². The average Bonchev–Trinajstić information content (AvgIpc) is 3.25. The fourth-order valence-electron chi connectivity index (χ4n) is 3.74. The van der Waals surface area contributed by atoms with Gasteiger partial charge in [0.25, 0.3) is 5.91 Å². The molecule has 0 aromatic heterocycles. The highest BCUT2D eigenvalue weighted by Gasteiger charge is 2.60. The van der Waals surface area contributed by atoms with Crippen molar-refractivity contribution in [3.05, 3.63) is 33.2 Å². The summed E-state index contributed by atoms with van der Waals surface area (Å²) in [4.78, 5) is 13.7. The second-order valence-electron chi connectivity index (χ2n) is 7.19. The van der Waals surface area contributed by atoms with Crippen LogP contribution in [-0.2, 0) is 11.2 Å². The number of thioether (sulfide) groups is 1. The number of fused-ring (bicyclic) bond motifs is 1. The number of benzene rings is 1. The Balaban J connectivity index is 1.75. The van der Waals surface area contributed by atoms with Gasteiger partial charge >= 0.3 is 6.36 Å². The minimum atomic E-state index is -4.82. The smallest absolute Gasteiger partial charge is 0.404 e. The summed E-state index contributed by atoms with van der Waals surface area (Å²) < 4.78 is 41.5. The molecule has 1 spiro atoms. The van der Waals surface area contributed by atoms with Gasteiger partial charge in [0, 0.05) is 15.8 Å². The molecule has 2 heterocycles. The Morgan fingerprint density at radius 3 is 2.56 bits per heavy atom. The first kappa shape index (κ1) is 17.1. The van der Waals surface area contributed by atoms with Crippen LogP contribution in [0.2, 0.25) is 5.02 Å². The van der Waals surface area contributed by atoms with E-state index in [1.54, 1.807) is 0 Å². The molecule has 0 radical (unpaired) electrons. The standard InChI is InChI=1S/C17H15ClF3NO2S/c1-15(2)9-5-8-6-10(18)11(24-17(19,20)21)7-12(8)25-13(9)14(23)22-16(15)3-4-16/h6-7H,3-5H2,1-2H3,(H,22,23). The Morgan fingerprint density at radius 2 is 1.96 bits per heavy atom. The number of alkyl halides is 3. The molecule has 134 valence electrons. The van der Waals surface area contributed by atoms with Gasteiger partial charge in [-0.05, 0) is 42.5 Å². The third-order valence-electron chi connectivity index (χ3n) is 5.45. The minimum Gasteiger partial charge on any atom is -0.404 e. The normalized spacial score (nSPS) is 23.0. The number of carbonyl (C=O) groups excluding carboxylic acids is 1. The molecular formula is C17H15ClF3NO2S. The number of ether oxygens (including phenoxy) is 1. The lowest BCUT2D eigenvalue weighted by atomic mass is 9.70. The Labute approximate surface area is 151 Å². The maximum atomic E-state index is 12.5. The van der Waals surface area contributed by atoms with Crippen molar-refractivity contribution < 1.29 is 22.7 Å². The minimum absolute atomic E-state index is 0.0834. The van der Waals surface area contributed by atoms with Crippen molar-refractivity contribution in [2.45, 2.75) is 49.9 Å². The topological polar surface area (TPSA) is 38.3 Å². The van der Waals surface area contributed by atoms with Gasteiger partial charge in [-0.25, -0.2) is 0 Å². The summed E-state index contributed by atoms with van der Waals surface area (Å²) in [6.45, 7) is 4.23. The van der Waals surface area contributed by atoms with Crippen LogP contribution in [0.5, 0.6) is 5.75 Å².